The minimum atomic E-state index is -3.11. The van der Waals surface area contributed by atoms with Crippen molar-refractivity contribution in [1.29, 1.82) is 0 Å². The number of sulfone groups is 1. The summed E-state index contributed by atoms with van der Waals surface area (Å²) in [7, 11) is -3.11. The molecule has 0 bridgehead atoms. The van der Waals surface area contributed by atoms with Crippen LogP contribution in [-0.4, -0.2) is 20.2 Å². The average molecular weight is 276 g/mol. The van der Waals surface area contributed by atoms with Crippen LogP contribution in [0.4, 0.5) is 5.69 Å². The van der Waals surface area contributed by atoms with Crippen molar-refractivity contribution in [2.45, 2.75) is 17.9 Å². The highest BCUT2D eigenvalue weighted by Gasteiger charge is 2.27. The van der Waals surface area contributed by atoms with E-state index < -0.39 is 9.84 Å². The molecule has 0 aliphatic carbocycles. The molecule has 0 spiro atoms. The summed E-state index contributed by atoms with van der Waals surface area (Å²) < 4.78 is 24.3. The number of halogens is 1. The van der Waals surface area contributed by atoms with Gasteiger partial charge in [0.15, 0.2) is 9.84 Å². The summed E-state index contributed by atoms with van der Waals surface area (Å²) in [5, 5.41) is 3.14. The van der Waals surface area contributed by atoms with Crippen molar-refractivity contribution in [3.63, 3.8) is 0 Å². The fourth-order valence-corrected chi connectivity index (χ4v) is 3.80. The Morgan fingerprint density at radius 3 is 2.93 bits per heavy atom. The van der Waals surface area contributed by atoms with E-state index in [1.165, 1.54) is 0 Å². The molecule has 1 unspecified atom stereocenters. The van der Waals surface area contributed by atoms with Gasteiger partial charge in [-0.05, 0) is 25.1 Å². The Hall–Kier alpha value is -0.550. The second-order valence-corrected chi connectivity index (χ2v) is 6.39. The van der Waals surface area contributed by atoms with E-state index >= 15 is 0 Å². The van der Waals surface area contributed by atoms with Crippen molar-refractivity contribution in [3.05, 3.63) is 22.7 Å². The second-order valence-electron chi connectivity index (χ2n) is 3.47. The maximum Gasteiger partial charge on any atom is 0.182 e. The lowest BCUT2D eigenvalue weighted by atomic mass is 10.3. The molecular formula is C9H10BrNO2S. The smallest absolute Gasteiger partial charge is 0.182 e. The third-order valence-corrected chi connectivity index (χ3v) is 4.59. The van der Waals surface area contributed by atoms with E-state index in [4.69, 9.17) is 0 Å². The largest absolute Gasteiger partial charge is 0.380 e. The van der Waals surface area contributed by atoms with E-state index in [1.54, 1.807) is 12.1 Å². The van der Waals surface area contributed by atoms with Crippen LogP contribution in [0.5, 0.6) is 0 Å². The molecule has 0 saturated heterocycles. The van der Waals surface area contributed by atoms with E-state index in [-0.39, 0.29) is 11.8 Å². The molecule has 3 nitrogen and oxygen atoms in total. The van der Waals surface area contributed by atoms with Gasteiger partial charge in [0.2, 0.25) is 0 Å². The monoisotopic (exact) mass is 275 g/mol. The summed E-state index contributed by atoms with van der Waals surface area (Å²) in [6.07, 6.45) is 0. The first kappa shape index (κ1) is 9.98. The Labute approximate surface area is 91.6 Å². The van der Waals surface area contributed by atoms with Gasteiger partial charge in [-0.3, -0.25) is 0 Å². The minimum Gasteiger partial charge on any atom is -0.380 e. The second kappa shape index (κ2) is 3.24. The van der Waals surface area contributed by atoms with Gasteiger partial charge in [0, 0.05) is 10.5 Å². The topological polar surface area (TPSA) is 46.2 Å². The molecule has 1 heterocycles. The normalized spacial score (nSPS) is 23.7. The van der Waals surface area contributed by atoms with Crippen molar-refractivity contribution >= 4 is 31.5 Å². The van der Waals surface area contributed by atoms with Crippen LogP contribution in [-0.2, 0) is 9.84 Å². The molecule has 1 atom stereocenters. The standard InChI is InChI=1S/C9H10BrNO2S/c1-6-5-14(12,13)9-4-7(10)2-3-8(9)11-6/h2-4,6,11H,5H2,1H3. The summed E-state index contributed by atoms with van der Waals surface area (Å²) in [5.74, 6) is 0.163. The predicted octanol–water partition coefficient (Wildman–Crippen LogP) is 2.04. The number of fused-ring (bicyclic) bond motifs is 1. The molecular weight excluding hydrogens is 266 g/mol. The highest BCUT2D eigenvalue weighted by Crippen LogP contribution is 2.30. The van der Waals surface area contributed by atoms with Crippen molar-refractivity contribution < 1.29 is 8.42 Å². The van der Waals surface area contributed by atoms with Gasteiger partial charge in [-0.1, -0.05) is 15.9 Å². The number of nitrogens with one attached hydrogen (secondary N) is 1. The minimum absolute atomic E-state index is 0.0197. The van der Waals surface area contributed by atoms with Crippen LogP contribution in [0.2, 0.25) is 0 Å². The molecule has 5 heteroatoms. The van der Waals surface area contributed by atoms with Gasteiger partial charge in [0.05, 0.1) is 16.3 Å². The molecule has 0 radical (unpaired) electrons. The third-order valence-electron chi connectivity index (χ3n) is 2.15. The quantitative estimate of drug-likeness (QED) is 0.788. The predicted molar refractivity (Wildman–Crippen MR) is 59.3 cm³/mol. The van der Waals surface area contributed by atoms with Crippen molar-refractivity contribution in [3.8, 4) is 0 Å². The molecule has 0 amide bonds. The number of hydrogen-bond acceptors (Lipinski definition) is 3. The van der Waals surface area contributed by atoms with Gasteiger partial charge in [-0.15, -0.1) is 0 Å². The molecule has 1 aromatic carbocycles. The van der Waals surface area contributed by atoms with E-state index in [0.717, 1.165) is 4.47 Å². The van der Waals surface area contributed by atoms with E-state index in [9.17, 15) is 8.42 Å². The number of rotatable bonds is 0. The maximum absolute atomic E-state index is 11.8. The Balaban J connectivity index is 2.65. The first-order chi connectivity index (χ1) is 6.49. The van der Waals surface area contributed by atoms with Gasteiger partial charge in [0.1, 0.15) is 0 Å². The molecule has 1 aromatic rings. The summed E-state index contributed by atoms with van der Waals surface area (Å²) in [6, 6.07) is 5.24. The van der Waals surface area contributed by atoms with Crippen LogP contribution in [0.3, 0.4) is 0 Å². The summed E-state index contributed by atoms with van der Waals surface area (Å²) in [4.78, 5) is 0.393. The fraction of sp³-hybridized carbons (Fsp3) is 0.333. The van der Waals surface area contributed by atoms with Gasteiger partial charge in [0.25, 0.3) is 0 Å². The first-order valence-corrected chi connectivity index (χ1v) is 6.72. The maximum atomic E-state index is 11.8. The molecule has 14 heavy (non-hydrogen) atoms. The highest BCUT2D eigenvalue weighted by atomic mass is 79.9. The van der Waals surface area contributed by atoms with E-state index in [1.807, 2.05) is 13.0 Å². The third kappa shape index (κ3) is 1.66. The Kier molecular flexibility index (Phi) is 2.31. The molecule has 0 saturated carbocycles. The molecule has 1 aliphatic rings. The highest BCUT2D eigenvalue weighted by molar-refractivity contribution is 9.10. The summed E-state index contributed by atoms with van der Waals surface area (Å²) in [5.41, 5.74) is 0.701. The zero-order valence-electron chi connectivity index (χ0n) is 7.62. The molecule has 1 N–H and O–H groups in total. The zero-order valence-corrected chi connectivity index (χ0v) is 10.0. The van der Waals surface area contributed by atoms with Crippen LogP contribution in [0.15, 0.2) is 27.6 Å². The molecule has 0 aromatic heterocycles. The van der Waals surface area contributed by atoms with Crippen LogP contribution in [0.25, 0.3) is 0 Å². The summed E-state index contributed by atoms with van der Waals surface area (Å²) >= 11 is 3.26. The van der Waals surface area contributed by atoms with E-state index in [2.05, 4.69) is 21.2 Å². The van der Waals surface area contributed by atoms with Gasteiger partial charge < -0.3 is 5.32 Å². The Morgan fingerprint density at radius 1 is 1.50 bits per heavy atom. The van der Waals surface area contributed by atoms with Crippen molar-refractivity contribution in [2.24, 2.45) is 0 Å². The van der Waals surface area contributed by atoms with Gasteiger partial charge >= 0.3 is 0 Å². The lowest BCUT2D eigenvalue weighted by Crippen LogP contribution is -2.31. The van der Waals surface area contributed by atoms with Crippen molar-refractivity contribution in [2.75, 3.05) is 11.1 Å². The average Bonchev–Trinajstić information content (AvgIpc) is 2.05. The molecule has 76 valence electrons. The van der Waals surface area contributed by atoms with Crippen LogP contribution < -0.4 is 5.32 Å². The van der Waals surface area contributed by atoms with Crippen LogP contribution in [0.1, 0.15) is 6.92 Å². The van der Waals surface area contributed by atoms with Crippen LogP contribution >= 0.6 is 15.9 Å². The SMILES string of the molecule is CC1CS(=O)(=O)c2cc(Br)ccc2N1. The molecule has 1 aliphatic heterocycles. The van der Waals surface area contributed by atoms with Crippen LogP contribution in [0, 0.1) is 0 Å². The Morgan fingerprint density at radius 2 is 2.21 bits per heavy atom. The van der Waals surface area contributed by atoms with Crippen molar-refractivity contribution in [1.82, 2.24) is 0 Å². The first-order valence-electron chi connectivity index (χ1n) is 4.28. The number of hydrogen-bond donors (Lipinski definition) is 1. The van der Waals surface area contributed by atoms with Gasteiger partial charge in [-0.25, -0.2) is 8.42 Å². The molecule has 0 fully saturated rings. The number of anilines is 1. The fourth-order valence-electron chi connectivity index (χ4n) is 1.60. The molecule has 2 rings (SSSR count). The number of benzene rings is 1. The zero-order chi connectivity index (χ0) is 10.3. The Bertz CT molecular complexity index is 470. The lowest BCUT2D eigenvalue weighted by molar-refractivity contribution is 0.588. The summed E-state index contributed by atoms with van der Waals surface area (Å²) in [6.45, 7) is 1.86. The lowest BCUT2D eigenvalue weighted by Gasteiger charge is -2.24. The van der Waals surface area contributed by atoms with E-state index in [0.29, 0.717) is 10.6 Å². The van der Waals surface area contributed by atoms with Gasteiger partial charge in [-0.2, -0.15) is 0 Å².